The van der Waals surface area contributed by atoms with Gasteiger partial charge in [-0.1, -0.05) is 30.3 Å². The van der Waals surface area contributed by atoms with Crippen molar-refractivity contribution in [2.45, 2.75) is 19.4 Å². The van der Waals surface area contributed by atoms with E-state index >= 15 is 0 Å². The largest absolute Gasteiger partial charge is 0.480 e. The summed E-state index contributed by atoms with van der Waals surface area (Å²) in [5.41, 5.74) is 0.574. The Hall–Kier alpha value is -3.22. The molecule has 2 amide bonds. The van der Waals surface area contributed by atoms with Crippen molar-refractivity contribution in [3.63, 3.8) is 0 Å². The number of carbonyl (C=O) groups excluding carboxylic acids is 2. The number of aliphatic carboxylic acids is 1. The first kappa shape index (κ1) is 18.1. The molecule has 0 aliphatic rings. The van der Waals surface area contributed by atoms with E-state index in [4.69, 9.17) is 0 Å². The standard InChI is InChI=1S/C18H17FN2O4/c1-11(22)20-15-9-5-3-7-13(15)17(23)21-16(18(24)25)10-12-6-2-4-8-14(12)19/h2-9,16H,10H2,1H3,(H,20,22)(H,21,23)(H,24,25)/t16-/m0/s1. The minimum Gasteiger partial charge on any atom is -0.480 e. The molecule has 0 bridgehead atoms. The molecule has 0 aromatic heterocycles. The number of amides is 2. The summed E-state index contributed by atoms with van der Waals surface area (Å²) in [7, 11) is 0. The molecule has 3 N–H and O–H groups in total. The van der Waals surface area contributed by atoms with Crippen molar-refractivity contribution in [1.82, 2.24) is 5.32 Å². The molecule has 25 heavy (non-hydrogen) atoms. The Balaban J connectivity index is 2.20. The number of carbonyl (C=O) groups is 3. The monoisotopic (exact) mass is 344 g/mol. The van der Waals surface area contributed by atoms with Crippen molar-refractivity contribution >= 4 is 23.5 Å². The molecule has 7 heteroatoms. The van der Waals surface area contributed by atoms with Gasteiger partial charge in [0.1, 0.15) is 11.9 Å². The van der Waals surface area contributed by atoms with Crippen LogP contribution >= 0.6 is 0 Å². The molecule has 0 aliphatic carbocycles. The lowest BCUT2D eigenvalue weighted by Gasteiger charge is -2.16. The highest BCUT2D eigenvalue weighted by Crippen LogP contribution is 2.16. The number of nitrogens with one attached hydrogen (secondary N) is 2. The van der Waals surface area contributed by atoms with Gasteiger partial charge in [0.25, 0.3) is 5.91 Å². The van der Waals surface area contributed by atoms with Gasteiger partial charge in [-0.05, 0) is 23.8 Å². The molecule has 0 saturated carbocycles. The third-order valence-corrected chi connectivity index (χ3v) is 3.47. The molecule has 0 radical (unpaired) electrons. The number of carboxylic acids is 1. The van der Waals surface area contributed by atoms with E-state index in [1.807, 2.05) is 0 Å². The van der Waals surface area contributed by atoms with Crippen LogP contribution in [0.1, 0.15) is 22.8 Å². The zero-order valence-corrected chi connectivity index (χ0v) is 13.5. The van der Waals surface area contributed by atoms with Crippen LogP contribution in [0.5, 0.6) is 0 Å². The van der Waals surface area contributed by atoms with Crippen LogP contribution < -0.4 is 10.6 Å². The van der Waals surface area contributed by atoms with Gasteiger partial charge < -0.3 is 15.7 Å². The highest BCUT2D eigenvalue weighted by Gasteiger charge is 2.23. The molecule has 0 spiro atoms. The van der Waals surface area contributed by atoms with Crippen molar-refractivity contribution in [3.8, 4) is 0 Å². The maximum atomic E-state index is 13.7. The van der Waals surface area contributed by atoms with Crippen LogP contribution in [0.15, 0.2) is 48.5 Å². The number of rotatable bonds is 6. The van der Waals surface area contributed by atoms with Crippen LogP contribution in [0, 0.1) is 5.82 Å². The van der Waals surface area contributed by atoms with Gasteiger partial charge in [-0.25, -0.2) is 9.18 Å². The number of para-hydroxylation sites is 1. The first-order valence-corrected chi connectivity index (χ1v) is 7.52. The second-order valence-electron chi connectivity index (χ2n) is 5.39. The molecule has 2 rings (SSSR count). The minimum absolute atomic E-state index is 0.123. The summed E-state index contributed by atoms with van der Waals surface area (Å²) < 4.78 is 13.7. The van der Waals surface area contributed by atoms with E-state index in [2.05, 4.69) is 10.6 Å². The average molecular weight is 344 g/mol. The van der Waals surface area contributed by atoms with Crippen LogP contribution in [0.4, 0.5) is 10.1 Å². The van der Waals surface area contributed by atoms with E-state index in [1.54, 1.807) is 18.2 Å². The molecule has 2 aromatic carbocycles. The van der Waals surface area contributed by atoms with Gasteiger partial charge in [0.2, 0.25) is 5.91 Å². The molecule has 0 unspecified atom stereocenters. The maximum absolute atomic E-state index is 13.7. The maximum Gasteiger partial charge on any atom is 0.326 e. The van der Waals surface area contributed by atoms with Crippen molar-refractivity contribution < 1.29 is 23.9 Å². The Kier molecular flexibility index (Phi) is 5.84. The topological polar surface area (TPSA) is 95.5 Å². The number of hydrogen-bond acceptors (Lipinski definition) is 3. The third-order valence-electron chi connectivity index (χ3n) is 3.47. The van der Waals surface area contributed by atoms with Crippen molar-refractivity contribution in [2.24, 2.45) is 0 Å². The Labute approximate surface area is 143 Å². The van der Waals surface area contributed by atoms with Gasteiger partial charge in [0.15, 0.2) is 0 Å². The van der Waals surface area contributed by atoms with Crippen molar-refractivity contribution in [3.05, 3.63) is 65.5 Å². The summed E-state index contributed by atoms with van der Waals surface area (Å²) in [4.78, 5) is 35.1. The second kappa shape index (κ2) is 8.05. The van der Waals surface area contributed by atoms with E-state index in [0.29, 0.717) is 0 Å². The number of benzene rings is 2. The lowest BCUT2D eigenvalue weighted by atomic mass is 10.0. The SMILES string of the molecule is CC(=O)Nc1ccccc1C(=O)N[C@@H](Cc1ccccc1F)C(=O)O. The summed E-state index contributed by atoms with van der Waals surface area (Å²) in [6.07, 6.45) is -0.198. The normalized spacial score (nSPS) is 11.4. The summed E-state index contributed by atoms with van der Waals surface area (Å²) in [6, 6.07) is 10.7. The first-order chi connectivity index (χ1) is 11.9. The van der Waals surface area contributed by atoms with E-state index < -0.39 is 23.7 Å². The number of halogens is 1. The Bertz CT molecular complexity index is 807. The molecule has 6 nitrogen and oxygen atoms in total. The highest BCUT2D eigenvalue weighted by atomic mass is 19.1. The van der Waals surface area contributed by atoms with Crippen LogP contribution in [0.2, 0.25) is 0 Å². The molecule has 0 fully saturated rings. The Morgan fingerprint density at radius 1 is 1.08 bits per heavy atom. The quantitative estimate of drug-likeness (QED) is 0.749. The van der Waals surface area contributed by atoms with Crippen LogP contribution in [0.3, 0.4) is 0 Å². The van der Waals surface area contributed by atoms with Gasteiger partial charge in [0.05, 0.1) is 11.3 Å². The molecule has 130 valence electrons. The Morgan fingerprint density at radius 2 is 1.72 bits per heavy atom. The summed E-state index contributed by atoms with van der Waals surface area (Å²) >= 11 is 0. The second-order valence-corrected chi connectivity index (χ2v) is 5.39. The zero-order valence-electron chi connectivity index (χ0n) is 13.5. The molecule has 0 heterocycles. The highest BCUT2D eigenvalue weighted by molar-refractivity contribution is 6.04. The molecular weight excluding hydrogens is 327 g/mol. The van der Waals surface area contributed by atoms with Gasteiger partial charge >= 0.3 is 5.97 Å². The smallest absolute Gasteiger partial charge is 0.326 e. The first-order valence-electron chi connectivity index (χ1n) is 7.52. The van der Waals surface area contributed by atoms with Crippen LogP contribution in [0.25, 0.3) is 0 Å². The minimum atomic E-state index is -1.31. The molecule has 0 saturated heterocycles. The fourth-order valence-electron chi connectivity index (χ4n) is 2.30. The van der Waals surface area contributed by atoms with Crippen molar-refractivity contribution in [2.75, 3.05) is 5.32 Å². The molecule has 1 atom stereocenters. The molecular formula is C18H17FN2O4. The number of anilines is 1. The number of carboxylic acid groups (broad SMARTS) is 1. The Morgan fingerprint density at radius 3 is 2.36 bits per heavy atom. The fourth-order valence-corrected chi connectivity index (χ4v) is 2.30. The third kappa shape index (κ3) is 4.87. The fraction of sp³-hybridized carbons (Fsp3) is 0.167. The lowest BCUT2D eigenvalue weighted by molar-refractivity contribution is -0.139. The summed E-state index contributed by atoms with van der Waals surface area (Å²) in [5.74, 6) is -2.86. The number of hydrogen-bond donors (Lipinski definition) is 3. The van der Waals surface area contributed by atoms with Gasteiger partial charge in [-0.2, -0.15) is 0 Å². The van der Waals surface area contributed by atoms with Gasteiger partial charge in [-0.3, -0.25) is 9.59 Å². The summed E-state index contributed by atoms with van der Waals surface area (Å²) in [6.45, 7) is 1.30. The van der Waals surface area contributed by atoms with Gasteiger partial charge in [-0.15, -0.1) is 0 Å². The van der Waals surface area contributed by atoms with E-state index in [9.17, 15) is 23.9 Å². The molecule has 0 aliphatic heterocycles. The van der Waals surface area contributed by atoms with Crippen molar-refractivity contribution in [1.29, 1.82) is 0 Å². The van der Waals surface area contributed by atoms with E-state index in [-0.39, 0.29) is 29.1 Å². The van der Waals surface area contributed by atoms with Crippen LogP contribution in [-0.4, -0.2) is 28.9 Å². The lowest BCUT2D eigenvalue weighted by Crippen LogP contribution is -2.42. The molecule has 2 aromatic rings. The average Bonchev–Trinajstić information content (AvgIpc) is 2.55. The predicted molar refractivity (Wildman–Crippen MR) is 89.7 cm³/mol. The van der Waals surface area contributed by atoms with E-state index in [0.717, 1.165) is 0 Å². The van der Waals surface area contributed by atoms with Gasteiger partial charge in [0, 0.05) is 13.3 Å². The summed E-state index contributed by atoms with van der Waals surface area (Å²) in [5, 5.41) is 14.2. The van der Waals surface area contributed by atoms with E-state index in [1.165, 1.54) is 37.3 Å². The van der Waals surface area contributed by atoms with Crippen LogP contribution in [-0.2, 0) is 16.0 Å². The zero-order chi connectivity index (χ0) is 18.4. The predicted octanol–water partition coefficient (Wildman–Crippen LogP) is 2.21.